The summed E-state index contributed by atoms with van der Waals surface area (Å²) in [5.41, 5.74) is 2.23. The smallest absolute Gasteiger partial charge is 0.175 e. The monoisotopic (exact) mass is 633 g/mol. The van der Waals surface area contributed by atoms with Gasteiger partial charge < -0.3 is 14.4 Å². The first kappa shape index (κ1) is 29.9. The second-order valence-corrected chi connectivity index (χ2v) is 14.1. The fourth-order valence-electron chi connectivity index (χ4n) is 5.28. The molecule has 0 aliphatic heterocycles. The Morgan fingerprint density at radius 2 is 1.93 bits per heavy atom. The van der Waals surface area contributed by atoms with Gasteiger partial charge in [0.15, 0.2) is 9.84 Å². The van der Waals surface area contributed by atoms with Gasteiger partial charge in [-0.05, 0) is 74.4 Å². The number of sulfone groups is 1. The molecule has 0 amide bonds. The number of hydrogen-bond donors (Lipinski definition) is 1. The zero-order valence-electron chi connectivity index (χ0n) is 22.7. The third-order valence-electron chi connectivity index (χ3n) is 7.60. The minimum atomic E-state index is -3.31. The molecule has 2 aromatic carbocycles. The van der Waals surface area contributed by atoms with Crippen molar-refractivity contribution in [2.45, 2.75) is 61.5 Å². The summed E-state index contributed by atoms with van der Waals surface area (Å²) in [5.74, 6) is 1.58. The number of aliphatic hydroxyl groups is 1. The SMILES string of the molecule is C=C/C=C(Cl)\C(=C(/C)Cl)c1noc(C2CC2)c1COc1ccc([C@]2(O)C[C@@H](c3cccc(S(C)(=O)=O)c3)C2)c(Cl)c1. The maximum atomic E-state index is 12.0. The van der Waals surface area contributed by atoms with Gasteiger partial charge in [-0.3, -0.25) is 0 Å². The summed E-state index contributed by atoms with van der Waals surface area (Å²) in [6.07, 6.45) is 7.30. The molecule has 5 rings (SSSR count). The normalized spacial score (nSPS) is 21.7. The zero-order valence-corrected chi connectivity index (χ0v) is 25.7. The molecular formula is C31H30Cl3NO5S. The fraction of sp³-hybridized carbons (Fsp3) is 0.323. The molecule has 0 unspecified atom stereocenters. The quantitative estimate of drug-likeness (QED) is 0.226. The third-order valence-corrected chi connectivity index (χ3v) is 9.53. The van der Waals surface area contributed by atoms with Crippen LogP contribution in [-0.2, 0) is 22.0 Å². The molecule has 6 nitrogen and oxygen atoms in total. The van der Waals surface area contributed by atoms with E-state index in [4.69, 9.17) is 44.1 Å². The van der Waals surface area contributed by atoms with E-state index in [-0.39, 0.29) is 23.3 Å². The van der Waals surface area contributed by atoms with Gasteiger partial charge in [-0.1, -0.05) is 70.8 Å². The van der Waals surface area contributed by atoms with Gasteiger partial charge in [0.2, 0.25) is 0 Å². The molecule has 2 fully saturated rings. The van der Waals surface area contributed by atoms with Crippen molar-refractivity contribution < 1.29 is 22.8 Å². The van der Waals surface area contributed by atoms with Crippen LogP contribution >= 0.6 is 34.8 Å². The van der Waals surface area contributed by atoms with Gasteiger partial charge in [0.1, 0.15) is 23.8 Å². The molecule has 216 valence electrons. The van der Waals surface area contributed by atoms with Crippen LogP contribution in [0.3, 0.4) is 0 Å². The van der Waals surface area contributed by atoms with Gasteiger partial charge in [-0.15, -0.1) is 0 Å². The Morgan fingerprint density at radius 1 is 1.20 bits per heavy atom. The molecule has 2 saturated carbocycles. The topological polar surface area (TPSA) is 89.6 Å². The molecule has 0 spiro atoms. The highest BCUT2D eigenvalue weighted by Crippen LogP contribution is 2.53. The molecule has 0 bridgehead atoms. The van der Waals surface area contributed by atoms with E-state index in [9.17, 15) is 13.5 Å². The molecule has 1 aromatic heterocycles. The lowest BCUT2D eigenvalue weighted by atomic mass is 9.65. The second-order valence-electron chi connectivity index (χ2n) is 10.7. The Balaban J connectivity index is 1.33. The lowest BCUT2D eigenvalue weighted by molar-refractivity contribution is -0.0549. The van der Waals surface area contributed by atoms with Crippen molar-refractivity contribution in [3.05, 3.63) is 104 Å². The van der Waals surface area contributed by atoms with E-state index in [2.05, 4.69) is 11.7 Å². The van der Waals surface area contributed by atoms with Gasteiger partial charge in [0.05, 0.1) is 26.1 Å². The molecule has 10 heteroatoms. The number of nitrogens with zero attached hydrogens (tertiary/aromatic N) is 1. The summed E-state index contributed by atoms with van der Waals surface area (Å²) < 4.78 is 35.8. The Bertz CT molecular complexity index is 1660. The van der Waals surface area contributed by atoms with E-state index in [0.717, 1.165) is 29.7 Å². The van der Waals surface area contributed by atoms with Crippen molar-refractivity contribution >= 4 is 50.2 Å². The summed E-state index contributed by atoms with van der Waals surface area (Å²) in [5, 5.41) is 16.9. The highest BCUT2D eigenvalue weighted by atomic mass is 35.5. The molecule has 1 N–H and O–H groups in total. The van der Waals surface area contributed by atoms with Crippen molar-refractivity contribution in [2.75, 3.05) is 6.26 Å². The number of benzene rings is 2. The van der Waals surface area contributed by atoms with Crippen molar-refractivity contribution in [3.63, 3.8) is 0 Å². The largest absolute Gasteiger partial charge is 0.489 e. The highest BCUT2D eigenvalue weighted by Gasteiger charge is 2.46. The molecule has 3 aromatic rings. The Kier molecular flexibility index (Phi) is 8.48. The van der Waals surface area contributed by atoms with Crippen LogP contribution in [0.15, 0.2) is 80.7 Å². The van der Waals surface area contributed by atoms with Crippen LogP contribution in [0.25, 0.3) is 5.57 Å². The molecule has 0 saturated heterocycles. The van der Waals surface area contributed by atoms with Gasteiger partial charge >= 0.3 is 0 Å². The first-order valence-corrected chi connectivity index (χ1v) is 16.2. The number of ether oxygens (including phenoxy) is 1. The standard InChI is InChI=1S/C31H30Cl3NO5S/c1-4-6-26(33)28(18(2)32)29-24(30(40-35-29)19-9-10-19)17-39-22-11-12-25(27(34)14-22)31(36)15-21(16-31)20-7-5-8-23(13-20)41(3,37)38/h4-8,11-14,19,21,36H,1,9-10,15-17H2,2-3H3/b26-6+,28-18-/t21-,31+. The minimum Gasteiger partial charge on any atom is -0.489 e. The molecule has 0 atom stereocenters. The average Bonchev–Trinajstić information content (AvgIpc) is 3.66. The van der Waals surface area contributed by atoms with Gasteiger partial charge in [-0.2, -0.15) is 0 Å². The van der Waals surface area contributed by atoms with Crippen LogP contribution < -0.4 is 4.74 Å². The maximum absolute atomic E-state index is 12.0. The van der Waals surface area contributed by atoms with Crippen LogP contribution in [0.2, 0.25) is 5.02 Å². The van der Waals surface area contributed by atoms with Crippen molar-refractivity contribution in [1.82, 2.24) is 5.16 Å². The average molecular weight is 635 g/mol. The third kappa shape index (κ3) is 6.30. The molecule has 2 aliphatic rings. The van der Waals surface area contributed by atoms with Crippen LogP contribution in [0.4, 0.5) is 0 Å². The summed E-state index contributed by atoms with van der Waals surface area (Å²) in [6.45, 7) is 5.61. The Morgan fingerprint density at radius 3 is 2.54 bits per heavy atom. The molecule has 41 heavy (non-hydrogen) atoms. The summed E-state index contributed by atoms with van der Waals surface area (Å²) >= 11 is 19.6. The molecule has 1 heterocycles. The second kappa shape index (κ2) is 11.6. The fourth-order valence-corrected chi connectivity index (χ4v) is 6.86. The summed E-state index contributed by atoms with van der Waals surface area (Å²) in [7, 11) is -3.31. The van der Waals surface area contributed by atoms with E-state index in [1.807, 2.05) is 6.07 Å². The van der Waals surface area contributed by atoms with Crippen molar-refractivity contribution in [1.29, 1.82) is 0 Å². The van der Waals surface area contributed by atoms with Crippen molar-refractivity contribution in [2.24, 2.45) is 0 Å². The number of halogens is 3. The van der Waals surface area contributed by atoms with E-state index >= 15 is 0 Å². The van der Waals surface area contributed by atoms with Crippen LogP contribution in [0.5, 0.6) is 5.75 Å². The Hall–Kier alpha value is -2.55. The van der Waals surface area contributed by atoms with Crippen molar-refractivity contribution in [3.8, 4) is 5.75 Å². The van der Waals surface area contributed by atoms with E-state index in [1.165, 1.54) is 6.26 Å². The maximum Gasteiger partial charge on any atom is 0.175 e. The lowest BCUT2D eigenvalue weighted by Crippen LogP contribution is -2.40. The Labute approximate surface area is 255 Å². The first-order chi connectivity index (χ1) is 19.4. The zero-order chi connectivity index (χ0) is 29.5. The molecule has 2 aliphatic carbocycles. The van der Waals surface area contributed by atoms with Crippen LogP contribution in [0, 0.1) is 0 Å². The first-order valence-electron chi connectivity index (χ1n) is 13.2. The number of aromatic nitrogens is 1. The van der Waals surface area contributed by atoms with Crippen LogP contribution in [-0.4, -0.2) is 24.9 Å². The summed E-state index contributed by atoms with van der Waals surface area (Å²) in [4.78, 5) is 0.272. The molecular weight excluding hydrogens is 605 g/mol. The van der Waals surface area contributed by atoms with Gasteiger partial charge in [-0.25, -0.2) is 8.42 Å². The lowest BCUT2D eigenvalue weighted by Gasteiger charge is -2.44. The van der Waals surface area contributed by atoms with Gasteiger partial charge in [0, 0.05) is 28.3 Å². The van der Waals surface area contributed by atoms with Gasteiger partial charge in [0.25, 0.3) is 0 Å². The van der Waals surface area contributed by atoms with Crippen LogP contribution in [0.1, 0.15) is 72.6 Å². The highest BCUT2D eigenvalue weighted by molar-refractivity contribution is 7.90. The predicted octanol–water partition coefficient (Wildman–Crippen LogP) is 8.23. The number of hydrogen-bond acceptors (Lipinski definition) is 6. The number of rotatable bonds is 10. The molecule has 0 radical (unpaired) electrons. The summed E-state index contributed by atoms with van der Waals surface area (Å²) in [6, 6.07) is 12.1. The minimum absolute atomic E-state index is 0.0242. The van der Waals surface area contributed by atoms with E-state index in [0.29, 0.717) is 50.5 Å². The predicted molar refractivity (Wildman–Crippen MR) is 162 cm³/mol. The van der Waals surface area contributed by atoms with E-state index < -0.39 is 15.4 Å². The van der Waals surface area contributed by atoms with E-state index in [1.54, 1.807) is 55.5 Å². The number of allylic oxidation sites excluding steroid dienone is 5.